The van der Waals surface area contributed by atoms with Gasteiger partial charge in [0.15, 0.2) is 0 Å². The fourth-order valence-electron chi connectivity index (χ4n) is 1.05. The highest BCUT2D eigenvalue weighted by Crippen LogP contribution is 2.25. The lowest BCUT2D eigenvalue weighted by Gasteiger charge is -2.16. The molecule has 0 aliphatic heterocycles. The van der Waals surface area contributed by atoms with Crippen molar-refractivity contribution in [1.29, 1.82) is 0 Å². The molecule has 0 aromatic carbocycles. The summed E-state index contributed by atoms with van der Waals surface area (Å²) in [6, 6.07) is 0. The molecule has 0 saturated heterocycles. The maximum Gasteiger partial charge on any atom is 0.114 e. The Morgan fingerprint density at radius 2 is 2.22 bits per heavy atom. The minimum absolute atomic E-state index is 0.207. The van der Waals surface area contributed by atoms with E-state index in [2.05, 4.69) is 12.2 Å². The Kier molecular flexibility index (Phi) is 2.87. The van der Waals surface area contributed by atoms with Crippen LogP contribution in [0.3, 0.4) is 0 Å². The fourth-order valence-corrected chi connectivity index (χ4v) is 1.47. The first kappa shape index (κ1) is 7.43. The van der Waals surface area contributed by atoms with E-state index in [1.165, 1.54) is 12.8 Å². The molecule has 2 heteroatoms. The van der Waals surface area contributed by atoms with Crippen LogP contribution in [0.2, 0.25) is 0 Å². The Labute approximate surface area is 65.8 Å². The Morgan fingerprint density at radius 3 is 2.56 bits per heavy atom. The van der Waals surface area contributed by atoms with Crippen molar-refractivity contribution in [1.82, 2.24) is 0 Å². The topological polar surface area (TPSA) is 0 Å². The lowest BCUT2D eigenvalue weighted by atomic mass is 9.98. The maximum absolute atomic E-state index is 5.67. The molecule has 0 amide bonds. The number of hydrogen-bond donors (Lipinski definition) is 0. The first-order chi connectivity index (χ1) is 4.30. The first-order valence-corrected chi connectivity index (χ1v) is 4.13. The Bertz CT molecular complexity index is 107. The quantitative estimate of drug-likeness (QED) is 0.413. The predicted molar refractivity (Wildman–Crippen MR) is 42.0 cm³/mol. The number of rotatable bonds is 1. The number of allylic oxidation sites excluding steroid dienone is 2. The van der Waals surface area contributed by atoms with Crippen molar-refractivity contribution in [3.05, 3.63) is 12.2 Å². The van der Waals surface area contributed by atoms with Gasteiger partial charge in [-0.3, -0.25) is 0 Å². The van der Waals surface area contributed by atoms with Crippen molar-refractivity contribution in [3.8, 4) is 0 Å². The minimum atomic E-state index is -0.207. The van der Waals surface area contributed by atoms with Gasteiger partial charge in [0.1, 0.15) is 4.84 Å². The largest absolute Gasteiger partial charge is 0.114 e. The molecule has 0 heterocycles. The fraction of sp³-hybridized carbons (Fsp3) is 0.714. The lowest BCUT2D eigenvalue weighted by molar-refractivity contribution is 0.571. The third-order valence-electron chi connectivity index (χ3n) is 1.62. The molecule has 0 aromatic rings. The summed E-state index contributed by atoms with van der Waals surface area (Å²) in [7, 11) is 0. The maximum atomic E-state index is 5.67. The van der Waals surface area contributed by atoms with Gasteiger partial charge in [-0.05, 0) is 19.3 Å². The van der Waals surface area contributed by atoms with E-state index in [0.717, 1.165) is 6.42 Å². The Hall–Kier alpha value is 0.320. The summed E-state index contributed by atoms with van der Waals surface area (Å²) in [5.74, 6) is 0.405. The van der Waals surface area contributed by atoms with Gasteiger partial charge in [0.05, 0.1) is 0 Å². The van der Waals surface area contributed by atoms with E-state index in [-0.39, 0.29) is 4.84 Å². The Morgan fingerprint density at radius 1 is 1.44 bits per heavy atom. The van der Waals surface area contributed by atoms with E-state index >= 15 is 0 Å². The van der Waals surface area contributed by atoms with Crippen LogP contribution in [0.15, 0.2) is 12.2 Å². The van der Waals surface area contributed by atoms with Crippen molar-refractivity contribution in [2.45, 2.75) is 24.1 Å². The van der Waals surface area contributed by atoms with Gasteiger partial charge in [-0.2, -0.15) is 0 Å². The van der Waals surface area contributed by atoms with Crippen molar-refractivity contribution < 1.29 is 0 Å². The molecule has 9 heavy (non-hydrogen) atoms. The summed E-state index contributed by atoms with van der Waals surface area (Å²) in [5.41, 5.74) is 0. The van der Waals surface area contributed by atoms with Crippen LogP contribution in [0.1, 0.15) is 19.3 Å². The van der Waals surface area contributed by atoms with Crippen molar-refractivity contribution >= 4 is 23.2 Å². The molecule has 1 rings (SSSR count). The third-order valence-corrected chi connectivity index (χ3v) is 2.26. The summed E-state index contributed by atoms with van der Waals surface area (Å²) in [6.07, 6.45) is 7.85. The van der Waals surface area contributed by atoms with Gasteiger partial charge < -0.3 is 0 Å². The van der Waals surface area contributed by atoms with Crippen molar-refractivity contribution in [2.75, 3.05) is 0 Å². The van der Waals surface area contributed by atoms with E-state index in [4.69, 9.17) is 23.2 Å². The zero-order chi connectivity index (χ0) is 6.69. The first-order valence-electron chi connectivity index (χ1n) is 3.25. The van der Waals surface area contributed by atoms with E-state index in [1.807, 2.05) is 0 Å². The number of alkyl halides is 2. The molecular formula is C7H10Cl2. The van der Waals surface area contributed by atoms with Gasteiger partial charge in [0, 0.05) is 5.92 Å². The predicted octanol–water partition coefficient (Wildman–Crippen LogP) is 3.15. The van der Waals surface area contributed by atoms with E-state index in [0.29, 0.717) is 5.92 Å². The van der Waals surface area contributed by atoms with Crippen LogP contribution >= 0.6 is 23.2 Å². The zero-order valence-corrected chi connectivity index (χ0v) is 6.70. The molecular weight excluding hydrogens is 155 g/mol. The summed E-state index contributed by atoms with van der Waals surface area (Å²) < 4.78 is 0. The standard InChI is InChI=1S/C7H10Cl2/c8-7(9)6-4-2-1-3-5-6/h2,4,6-7H,1,3,5H2. The molecule has 0 spiro atoms. The van der Waals surface area contributed by atoms with Gasteiger partial charge >= 0.3 is 0 Å². The second-order valence-electron chi connectivity index (χ2n) is 2.36. The van der Waals surface area contributed by atoms with Crippen LogP contribution in [-0.2, 0) is 0 Å². The SMILES string of the molecule is ClC(Cl)C1C=CCCC1. The molecule has 52 valence electrons. The van der Waals surface area contributed by atoms with Gasteiger partial charge in [-0.15, -0.1) is 23.2 Å². The normalized spacial score (nSPS) is 27.2. The molecule has 1 aliphatic carbocycles. The van der Waals surface area contributed by atoms with Gasteiger partial charge in [0.25, 0.3) is 0 Å². The molecule has 0 N–H and O–H groups in total. The molecule has 0 aromatic heterocycles. The van der Waals surface area contributed by atoms with Crippen LogP contribution in [-0.4, -0.2) is 4.84 Å². The average Bonchev–Trinajstić information content (AvgIpc) is 1.90. The van der Waals surface area contributed by atoms with Crippen molar-refractivity contribution in [2.24, 2.45) is 5.92 Å². The molecule has 1 aliphatic rings. The van der Waals surface area contributed by atoms with Crippen LogP contribution in [0.5, 0.6) is 0 Å². The number of hydrogen-bond acceptors (Lipinski definition) is 0. The molecule has 1 unspecified atom stereocenters. The summed E-state index contributed by atoms with van der Waals surface area (Å²) in [4.78, 5) is -0.207. The summed E-state index contributed by atoms with van der Waals surface area (Å²) in [6.45, 7) is 0. The van der Waals surface area contributed by atoms with Crippen LogP contribution < -0.4 is 0 Å². The minimum Gasteiger partial charge on any atom is -0.105 e. The molecule has 0 nitrogen and oxygen atoms in total. The lowest BCUT2D eigenvalue weighted by Crippen LogP contribution is -2.08. The van der Waals surface area contributed by atoms with Gasteiger partial charge in [-0.1, -0.05) is 12.2 Å². The van der Waals surface area contributed by atoms with Crippen molar-refractivity contribution in [3.63, 3.8) is 0 Å². The highest BCUT2D eigenvalue weighted by molar-refractivity contribution is 6.44. The third kappa shape index (κ3) is 2.19. The molecule has 0 fully saturated rings. The Balaban J connectivity index is 2.40. The van der Waals surface area contributed by atoms with E-state index in [1.54, 1.807) is 0 Å². The highest BCUT2D eigenvalue weighted by atomic mass is 35.5. The molecule has 0 bridgehead atoms. The van der Waals surface area contributed by atoms with E-state index < -0.39 is 0 Å². The highest BCUT2D eigenvalue weighted by Gasteiger charge is 2.14. The molecule has 1 atom stereocenters. The van der Waals surface area contributed by atoms with Crippen LogP contribution in [0, 0.1) is 5.92 Å². The second-order valence-corrected chi connectivity index (χ2v) is 3.52. The van der Waals surface area contributed by atoms with Gasteiger partial charge in [-0.25, -0.2) is 0 Å². The smallest absolute Gasteiger partial charge is 0.105 e. The number of halogens is 2. The van der Waals surface area contributed by atoms with E-state index in [9.17, 15) is 0 Å². The monoisotopic (exact) mass is 164 g/mol. The zero-order valence-electron chi connectivity index (χ0n) is 5.19. The van der Waals surface area contributed by atoms with Crippen LogP contribution in [0.25, 0.3) is 0 Å². The second kappa shape index (κ2) is 3.48. The summed E-state index contributed by atoms with van der Waals surface area (Å²) in [5, 5.41) is 0. The summed E-state index contributed by atoms with van der Waals surface area (Å²) >= 11 is 11.3. The molecule has 0 radical (unpaired) electrons. The van der Waals surface area contributed by atoms with Crippen LogP contribution in [0.4, 0.5) is 0 Å². The van der Waals surface area contributed by atoms with Gasteiger partial charge in [0.2, 0.25) is 0 Å². The average molecular weight is 165 g/mol. The molecule has 0 saturated carbocycles.